The molecule has 0 heterocycles. The van der Waals surface area contributed by atoms with Crippen LogP contribution in [0, 0.1) is 0 Å². The predicted molar refractivity (Wildman–Crippen MR) is 53.1 cm³/mol. The van der Waals surface area contributed by atoms with E-state index in [9.17, 15) is 13.8 Å². The summed E-state index contributed by atoms with van der Waals surface area (Å²) in [5.74, 6) is -2.53. The number of hydrogen-bond acceptors (Lipinski definition) is 6. The zero-order valence-corrected chi connectivity index (χ0v) is 9.32. The molecule has 0 aromatic carbocycles. The van der Waals surface area contributed by atoms with Gasteiger partial charge >= 0.3 is 11.9 Å². The highest BCUT2D eigenvalue weighted by atomic mass is 32.2. The Hall–Kier alpha value is -0.990. The van der Waals surface area contributed by atoms with E-state index < -0.39 is 35.5 Å². The van der Waals surface area contributed by atoms with Crippen molar-refractivity contribution >= 4 is 23.0 Å². The maximum atomic E-state index is 10.5. The van der Waals surface area contributed by atoms with Crippen molar-refractivity contribution in [1.82, 2.24) is 0 Å². The molecule has 4 N–H and O–H groups in total. The standard InChI is InChI=1S/C5H8O6S.C2H7N/c1-12(10)11-4(7)2-3(6)5(8)9;1-2-3/h3,6H,2H2,1H3,(H,8,9);2-3H2,1H3. The summed E-state index contributed by atoms with van der Waals surface area (Å²) < 4.78 is 14.3. The van der Waals surface area contributed by atoms with Crippen LogP contribution in [-0.2, 0) is 24.9 Å². The third-order valence-corrected chi connectivity index (χ3v) is 1.28. The van der Waals surface area contributed by atoms with Gasteiger partial charge in [0.25, 0.3) is 0 Å². The molecule has 0 saturated heterocycles. The lowest BCUT2D eigenvalue weighted by Crippen LogP contribution is -2.24. The van der Waals surface area contributed by atoms with Gasteiger partial charge in [-0.2, -0.15) is 0 Å². The van der Waals surface area contributed by atoms with Crippen molar-refractivity contribution in [3.05, 3.63) is 0 Å². The Labute approximate surface area is 89.9 Å². The molecule has 15 heavy (non-hydrogen) atoms. The molecule has 0 fully saturated rings. The fraction of sp³-hybridized carbons (Fsp3) is 0.714. The van der Waals surface area contributed by atoms with E-state index in [0.717, 1.165) is 12.8 Å². The van der Waals surface area contributed by atoms with Crippen LogP contribution in [0.1, 0.15) is 13.3 Å². The lowest BCUT2D eigenvalue weighted by Gasteiger charge is -2.02. The van der Waals surface area contributed by atoms with Gasteiger partial charge in [-0.15, -0.1) is 0 Å². The van der Waals surface area contributed by atoms with E-state index in [1.807, 2.05) is 6.92 Å². The van der Waals surface area contributed by atoms with Crippen LogP contribution in [0.3, 0.4) is 0 Å². The minimum atomic E-state index is -1.80. The van der Waals surface area contributed by atoms with E-state index in [4.69, 9.17) is 15.9 Å². The highest BCUT2D eigenvalue weighted by Crippen LogP contribution is 1.95. The Kier molecular flexibility index (Phi) is 10.5. The summed E-state index contributed by atoms with van der Waals surface area (Å²) in [5.41, 5.74) is 4.85. The first-order valence-electron chi connectivity index (χ1n) is 4.00. The zero-order chi connectivity index (χ0) is 12.4. The quantitative estimate of drug-likeness (QED) is 0.553. The molecule has 0 spiro atoms. The minimum Gasteiger partial charge on any atom is -0.479 e. The van der Waals surface area contributed by atoms with Gasteiger partial charge in [0, 0.05) is 6.26 Å². The molecule has 0 aromatic heterocycles. The molecule has 8 heteroatoms. The van der Waals surface area contributed by atoms with Gasteiger partial charge in [0.1, 0.15) is 0 Å². The van der Waals surface area contributed by atoms with Crippen molar-refractivity contribution in [1.29, 1.82) is 0 Å². The Morgan fingerprint density at radius 3 is 2.20 bits per heavy atom. The van der Waals surface area contributed by atoms with Crippen LogP contribution in [0.4, 0.5) is 0 Å². The van der Waals surface area contributed by atoms with Crippen LogP contribution >= 0.6 is 0 Å². The number of carboxylic acids is 1. The highest BCUT2D eigenvalue weighted by Gasteiger charge is 2.19. The number of aliphatic hydroxyl groups is 1. The van der Waals surface area contributed by atoms with Crippen LogP contribution in [0.15, 0.2) is 0 Å². The van der Waals surface area contributed by atoms with Crippen LogP contribution in [0.5, 0.6) is 0 Å². The van der Waals surface area contributed by atoms with Crippen LogP contribution in [-0.4, -0.2) is 45.3 Å². The molecular formula is C7H15NO6S. The van der Waals surface area contributed by atoms with Crippen molar-refractivity contribution in [2.45, 2.75) is 19.4 Å². The number of rotatable bonds is 4. The molecule has 0 rings (SSSR count). The topological polar surface area (TPSA) is 127 Å². The number of nitrogens with two attached hydrogens (primary N) is 1. The van der Waals surface area contributed by atoms with Crippen molar-refractivity contribution in [2.24, 2.45) is 5.73 Å². The number of hydrogen-bond donors (Lipinski definition) is 3. The molecule has 7 nitrogen and oxygen atoms in total. The maximum absolute atomic E-state index is 10.5. The number of aliphatic carboxylic acids is 1. The Balaban J connectivity index is 0. The van der Waals surface area contributed by atoms with Gasteiger partial charge in [0.05, 0.1) is 6.42 Å². The predicted octanol–water partition coefficient (Wildman–Crippen LogP) is -1.38. The second-order valence-electron chi connectivity index (χ2n) is 2.32. The van der Waals surface area contributed by atoms with Crippen molar-refractivity contribution < 1.29 is 28.2 Å². The summed E-state index contributed by atoms with van der Waals surface area (Å²) in [6, 6.07) is 0. The minimum absolute atomic E-state index is 0.699. The molecule has 0 aliphatic rings. The van der Waals surface area contributed by atoms with Crippen molar-refractivity contribution in [2.75, 3.05) is 12.8 Å². The summed E-state index contributed by atoms with van der Waals surface area (Å²) in [6.45, 7) is 2.65. The Bertz CT molecular complexity index is 232. The molecule has 2 atom stereocenters. The van der Waals surface area contributed by atoms with Gasteiger partial charge in [-0.1, -0.05) is 6.92 Å². The second-order valence-corrected chi connectivity index (χ2v) is 3.29. The van der Waals surface area contributed by atoms with E-state index >= 15 is 0 Å². The van der Waals surface area contributed by atoms with Crippen LogP contribution in [0.25, 0.3) is 0 Å². The van der Waals surface area contributed by atoms with Gasteiger partial charge in [-0.3, -0.25) is 4.79 Å². The van der Waals surface area contributed by atoms with Crippen molar-refractivity contribution in [3.63, 3.8) is 0 Å². The fourth-order valence-corrected chi connectivity index (χ4v) is 0.740. The highest BCUT2D eigenvalue weighted by molar-refractivity contribution is 7.79. The molecule has 0 aliphatic carbocycles. The third-order valence-electron chi connectivity index (χ3n) is 0.855. The van der Waals surface area contributed by atoms with Gasteiger partial charge in [0.2, 0.25) is 11.1 Å². The fourth-order valence-electron chi connectivity index (χ4n) is 0.410. The Morgan fingerprint density at radius 1 is 1.53 bits per heavy atom. The van der Waals surface area contributed by atoms with Crippen LogP contribution in [0.2, 0.25) is 0 Å². The summed E-state index contributed by atoms with van der Waals surface area (Å²) in [4.78, 5) is 20.5. The molecule has 90 valence electrons. The molecular weight excluding hydrogens is 226 g/mol. The summed E-state index contributed by atoms with van der Waals surface area (Å²) in [5, 5.41) is 16.7. The molecule has 0 saturated carbocycles. The maximum Gasteiger partial charge on any atom is 0.333 e. The van der Waals surface area contributed by atoms with Gasteiger partial charge < -0.3 is 20.1 Å². The number of aliphatic hydroxyl groups excluding tert-OH is 1. The van der Waals surface area contributed by atoms with Gasteiger partial charge in [-0.25, -0.2) is 9.00 Å². The molecule has 0 bridgehead atoms. The number of carboxylic acid groups (broad SMARTS) is 1. The average molecular weight is 241 g/mol. The summed E-state index contributed by atoms with van der Waals surface area (Å²) in [7, 11) is 0. The monoisotopic (exact) mass is 241 g/mol. The van der Waals surface area contributed by atoms with Crippen LogP contribution < -0.4 is 5.73 Å². The number of carbonyl (C=O) groups excluding carboxylic acids is 1. The largest absolute Gasteiger partial charge is 0.479 e. The molecule has 0 aromatic rings. The lowest BCUT2D eigenvalue weighted by molar-refractivity contribution is -0.151. The van der Waals surface area contributed by atoms with Gasteiger partial charge in [0.15, 0.2) is 6.10 Å². The van der Waals surface area contributed by atoms with Crippen molar-refractivity contribution in [3.8, 4) is 0 Å². The first-order chi connectivity index (χ1) is 6.84. The molecule has 0 amide bonds. The first kappa shape index (κ1) is 16.4. The van der Waals surface area contributed by atoms with E-state index in [1.165, 1.54) is 0 Å². The van der Waals surface area contributed by atoms with E-state index in [1.54, 1.807) is 0 Å². The van der Waals surface area contributed by atoms with E-state index in [2.05, 4.69) is 4.18 Å². The van der Waals surface area contributed by atoms with E-state index in [0.29, 0.717) is 0 Å². The summed E-state index contributed by atoms with van der Waals surface area (Å²) >= 11 is -1.78. The molecule has 0 aliphatic heterocycles. The van der Waals surface area contributed by atoms with Gasteiger partial charge in [-0.05, 0) is 6.54 Å². The zero-order valence-electron chi connectivity index (χ0n) is 8.50. The van der Waals surface area contributed by atoms with E-state index in [-0.39, 0.29) is 0 Å². The lowest BCUT2D eigenvalue weighted by atomic mass is 10.3. The first-order valence-corrected chi connectivity index (χ1v) is 5.48. The average Bonchev–Trinajstić information content (AvgIpc) is 2.03. The number of carbonyl (C=O) groups is 2. The SMILES string of the molecule is CCN.CS(=O)OC(=O)CC(O)C(=O)O. The Morgan fingerprint density at radius 2 is 1.93 bits per heavy atom. The third kappa shape index (κ3) is 13.0. The second kappa shape index (κ2) is 9.56. The molecule has 2 unspecified atom stereocenters. The summed E-state index contributed by atoms with van der Waals surface area (Å²) in [6.07, 6.45) is -1.39. The molecule has 0 radical (unpaired) electrons. The normalized spacial score (nSPS) is 13.1. The smallest absolute Gasteiger partial charge is 0.333 e.